The molecule has 1 aliphatic rings. The maximum absolute atomic E-state index is 4.32. The molecular weight excluding hydrogens is 140 g/mol. The SMILES string of the molecule is Cc1nc2n(n1)CCNC2C. The van der Waals surface area contributed by atoms with Crippen LogP contribution in [0, 0.1) is 6.92 Å². The molecule has 4 nitrogen and oxygen atoms in total. The van der Waals surface area contributed by atoms with Gasteiger partial charge in [0.15, 0.2) is 0 Å². The number of hydrogen-bond acceptors (Lipinski definition) is 3. The third-order valence-electron chi connectivity index (χ3n) is 1.97. The Hall–Kier alpha value is -0.900. The normalized spacial score (nSPS) is 23.3. The van der Waals surface area contributed by atoms with Gasteiger partial charge in [-0.05, 0) is 13.8 Å². The highest BCUT2D eigenvalue weighted by atomic mass is 15.4. The van der Waals surface area contributed by atoms with Gasteiger partial charge in [0.25, 0.3) is 0 Å². The van der Waals surface area contributed by atoms with Crippen LogP contribution in [0.1, 0.15) is 24.6 Å². The molecule has 1 aromatic heterocycles. The van der Waals surface area contributed by atoms with Crippen LogP contribution < -0.4 is 5.32 Å². The van der Waals surface area contributed by atoms with E-state index in [2.05, 4.69) is 22.3 Å². The molecular formula is C7H12N4. The molecule has 4 heteroatoms. The first-order valence-electron chi connectivity index (χ1n) is 3.92. The minimum atomic E-state index is 0.352. The fourth-order valence-electron chi connectivity index (χ4n) is 1.43. The number of aryl methyl sites for hydroxylation is 1. The smallest absolute Gasteiger partial charge is 0.147 e. The second-order valence-electron chi connectivity index (χ2n) is 2.92. The Labute approximate surface area is 65.6 Å². The summed E-state index contributed by atoms with van der Waals surface area (Å²) >= 11 is 0. The van der Waals surface area contributed by atoms with E-state index in [0.29, 0.717) is 6.04 Å². The predicted octanol–water partition coefficient (Wildman–Crippen LogP) is 0.251. The number of nitrogens with one attached hydrogen (secondary N) is 1. The Bertz CT molecular complexity index is 265. The average molecular weight is 152 g/mol. The van der Waals surface area contributed by atoms with Crippen molar-refractivity contribution in [3.05, 3.63) is 11.6 Å². The van der Waals surface area contributed by atoms with E-state index in [0.717, 1.165) is 24.7 Å². The zero-order valence-corrected chi connectivity index (χ0v) is 6.83. The maximum atomic E-state index is 4.32. The van der Waals surface area contributed by atoms with E-state index in [9.17, 15) is 0 Å². The number of fused-ring (bicyclic) bond motifs is 1. The zero-order valence-electron chi connectivity index (χ0n) is 6.83. The van der Waals surface area contributed by atoms with Crippen molar-refractivity contribution in [1.82, 2.24) is 20.1 Å². The maximum Gasteiger partial charge on any atom is 0.147 e. The standard InChI is InChI=1S/C7H12N4/c1-5-7-9-6(2)10-11(7)4-3-8-5/h5,8H,3-4H2,1-2H3. The van der Waals surface area contributed by atoms with E-state index < -0.39 is 0 Å². The molecule has 1 aliphatic heterocycles. The van der Waals surface area contributed by atoms with Gasteiger partial charge < -0.3 is 5.32 Å². The third kappa shape index (κ3) is 1.03. The second kappa shape index (κ2) is 2.30. The number of aromatic nitrogens is 3. The Morgan fingerprint density at radius 2 is 2.45 bits per heavy atom. The highest BCUT2D eigenvalue weighted by molar-refractivity contribution is 4.99. The average Bonchev–Trinajstić information content (AvgIpc) is 2.31. The molecule has 2 heterocycles. The van der Waals surface area contributed by atoms with E-state index in [1.165, 1.54) is 0 Å². The van der Waals surface area contributed by atoms with Crippen LogP contribution in [-0.2, 0) is 6.54 Å². The van der Waals surface area contributed by atoms with Gasteiger partial charge in [-0.3, -0.25) is 0 Å². The topological polar surface area (TPSA) is 42.7 Å². The molecule has 0 aromatic carbocycles. The lowest BCUT2D eigenvalue weighted by molar-refractivity contribution is 0.411. The largest absolute Gasteiger partial charge is 0.306 e. The summed E-state index contributed by atoms with van der Waals surface area (Å²) in [6.45, 7) is 5.98. The van der Waals surface area contributed by atoms with Gasteiger partial charge in [0.1, 0.15) is 11.6 Å². The van der Waals surface area contributed by atoms with Crippen LogP contribution >= 0.6 is 0 Å². The first-order chi connectivity index (χ1) is 5.27. The molecule has 0 saturated heterocycles. The minimum Gasteiger partial charge on any atom is -0.306 e. The molecule has 0 spiro atoms. The summed E-state index contributed by atoms with van der Waals surface area (Å²) in [5, 5.41) is 7.60. The first kappa shape index (κ1) is 6.79. The molecule has 0 saturated carbocycles. The van der Waals surface area contributed by atoms with Gasteiger partial charge >= 0.3 is 0 Å². The summed E-state index contributed by atoms with van der Waals surface area (Å²) in [6, 6.07) is 0.352. The Morgan fingerprint density at radius 3 is 3.18 bits per heavy atom. The Kier molecular flexibility index (Phi) is 1.42. The summed E-state index contributed by atoms with van der Waals surface area (Å²) in [6.07, 6.45) is 0. The van der Waals surface area contributed by atoms with Crippen LogP contribution in [-0.4, -0.2) is 21.3 Å². The Balaban J connectivity index is 2.43. The molecule has 0 radical (unpaired) electrons. The van der Waals surface area contributed by atoms with Gasteiger partial charge in [-0.1, -0.05) is 0 Å². The zero-order chi connectivity index (χ0) is 7.84. The van der Waals surface area contributed by atoms with Gasteiger partial charge in [0.05, 0.1) is 12.6 Å². The highest BCUT2D eigenvalue weighted by Gasteiger charge is 2.17. The van der Waals surface area contributed by atoms with Crippen molar-refractivity contribution in [3.63, 3.8) is 0 Å². The van der Waals surface area contributed by atoms with Crippen LogP contribution in [0.15, 0.2) is 0 Å². The van der Waals surface area contributed by atoms with E-state index in [4.69, 9.17) is 0 Å². The molecule has 0 amide bonds. The second-order valence-corrected chi connectivity index (χ2v) is 2.92. The van der Waals surface area contributed by atoms with Gasteiger partial charge in [-0.15, -0.1) is 0 Å². The monoisotopic (exact) mass is 152 g/mol. The molecule has 0 fully saturated rings. The van der Waals surface area contributed by atoms with Crippen LogP contribution in [0.25, 0.3) is 0 Å². The van der Waals surface area contributed by atoms with Gasteiger partial charge in [-0.2, -0.15) is 5.10 Å². The van der Waals surface area contributed by atoms with Crippen molar-refractivity contribution >= 4 is 0 Å². The fourth-order valence-corrected chi connectivity index (χ4v) is 1.43. The van der Waals surface area contributed by atoms with Crippen molar-refractivity contribution in [2.75, 3.05) is 6.54 Å². The number of hydrogen-bond donors (Lipinski definition) is 1. The molecule has 2 rings (SSSR count). The lowest BCUT2D eigenvalue weighted by Crippen LogP contribution is -2.32. The molecule has 11 heavy (non-hydrogen) atoms. The van der Waals surface area contributed by atoms with E-state index >= 15 is 0 Å². The lowest BCUT2D eigenvalue weighted by Gasteiger charge is -2.19. The highest BCUT2D eigenvalue weighted by Crippen LogP contribution is 2.12. The van der Waals surface area contributed by atoms with Crippen molar-refractivity contribution in [3.8, 4) is 0 Å². The molecule has 1 atom stereocenters. The molecule has 1 aromatic rings. The summed E-state index contributed by atoms with van der Waals surface area (Å²) < 4.78 is 1.98. The quantitative estimate of drug-likeness (QED) is 0.579. The predicted molar refractivity (Wildman–Crippen MR) is 41.2 cm³/mol. The number of rotatable bonds is 0. The van der Waals surface area contributed by atoms with Crippen LogP contribution in [0.2, 0.25) is 0 Å². The van der Waals surface area contributed by atoms with Crippen LogP contribution in [0.4, 0.5) is 0 Å². The van der Waals surface area contributed by atoms with Gasteiger partial charge in [0.2, 0.25) is 0 Å². The van der Waals surface area contributed by atoms with Crippen LogP contribution in [0.5, 0.6) is 0 Å². The molecule has 60 valence electrons. The van der Waals surface area contributed by atoms with Gasteiger partial charge in [0, 0.05) is 6.54 Å². The van der Waals surface area contributed by atoms with Crippen molar-refractivity contribution in [2.45, 2.75) is 26.4 Å². The van der Waals surface area contributed by atoms with Crippen LogP contribution in [0.3, 0.4) is 0 Å². The Morgan fingerprint density at radius 1 is 1.64 bits per heavy atom. The third-order valence-corrected chi connectivity index (χ3v) is 1.97. The number of nitrogens with zero attached hydrogens (tertiary/aromatic N) is 3. The molecule has 0 aliphatic carbocycles. The van der Waals surface area contributed by atoms with Crippen molar-refractivity contribution < 1.29 is 0 Å². The minimum absolute atomic E-state index is 0.352. The first-order valence-corrected chi connectivity index (χ1v) is 3.92. The fraction of sp³-hybridized carbons (Fsp3) is 0.714. The van der Waals surface area contributed by atoms with Gasteiger partial charge in [-0.25, -0.2) is 9.67 Å². The molecule has 1 N–H and O–H groups in total. The molecule has 0 bridgehead atoms. The van der Waals surface area contributed by atoms with E-state index in [-0.39, 0.29) is 0 Å². The van der Waals surface area contributed by atoms with Crippen molar-refractivity contribution in [2.24, 2.45) is 0 Å². The lowest BCUT2D eigenvalue weighted by atomic mass is 10.3. The van der Waals surface area contributed by atoms with Crippen molar-refractivity contribution in [1.29, 1.82) is 0 Å². The van der Waals surface area contributed by atoms with E-state index in [1.807, 2.05) is 11.6 Å². The summed E-state index contributed by atoms with van der Waals surface area (Å²) in [5.74, 6) is 1.93. The molecule has 1 unspecified atom stereocenters. The summed E-state index contributed by atoms with van der Waals surface area (Å²) in [5.41, 5.74) is 0. The summed E-state index contributed by atoms with van der Waals surface area (Å²) in [4.78, 5) is 4.32. The summed E-state index contributed by atoms with van der Waals surface area (Å²) in [7, 11) is 0. The van der Waals surface area contributed by atoms with E-state index in [1.54, 1.807) is 0 Å².